The Labute approximate surface area is 149 Å². The lowest BCUT2D eigenvalue weighted by molar-refractivity contribution is -0.128. The Morgan fingerprint density at radius 1 is 1.17 bits per heavy atom. The van der Waals surface area contributed by atoms with Gasteiger partial charge in [-0.1, -0.05) is 26.8 Å². The largest absolute Gasteiger partial charge is 0.351 e. The van der Waals surface area contributed by atoms with Crippen LogP contribution in [0.3, 0.4) is 0 Å². The highest BCUT2D eigenvalue weighted by atomic mass is 32.1. The maximum atomic E-state index is 12.0. The van der Waals surface area contributed by atoms with Gasteiger partial charge in [0.05, 0.1) is 22.8 Å². The van der Waals surface area contributed by atoms with Crippen molar-refractivity contribution in [1.29, 1.82) is 0 Å². The van der Waals surface area contributed by atoms with Crippen LogP contribution in [0.4, 0.5) is 0 Å². The fourth-order valence-corrected chi connectivity index (χ4v) is 3.82. The van der Waals surface area contributed by atoms with Gasteiger partial charge in [0.2, 0.25) is 5.91 Å². The zero-order valence-electron chi connectivity index (χ0n) is 13.9. The molecule has 0 spiro atoms. The fourth-order valence-electron chi connectivity index (χ4n) is 2.04. The minimum atomic E-state index is -0.368. The summed E-state index contributed by atoms with van der Waals surface area (Å²) in [5.41, 5.74) is 1.48. The Hall–Kier alpha value is -2.05. The van der Waals surface area contributed by atoms with Gasteiger partial charge in [0, 0.05) is 21.9 Å². The number of carbonyl (C=O) groups excluding carboxylic acids is 1. The van der Waals surface area contributed by atoms with Gasteiger partial charge in [-0.05, 0) is 24.3 Å². The molecule has 3 aromatic rings. The van der Waals surface area contributed by atoms with Crippen LogP contribution >= 0.6 is 22.7 Å². The summed E-state index contributed by atoms with van der Waals surface area (Å²) in [6, 6.07) is 9.92. The molecule has 3 heterocycles. The van der Waals surface area contributed by atoms with Crippen molar-refractivity contribution in [3.63, 3.8) is 0 Å². The monoisotopic (exact) mass is 357 g/mol. The zero-order valence-corrected chi connectivity index (χ0v) is 15.5. The summed E-state index contributed by atoms with van der Waals surface area (Å²) in [5.74, 6) is 0.0588. The van der Waals surface area contributed by atoms with Crippen LogP contribution in [0.15, 0.2) is 41.9 Å². The van der Waals surface area contributed by atoms with E-state index in [9.17, 15) is 4.79 Å². The molecule has 0 aromatic carbocycles. The number of thiophene rings is 1. The van der Waals surface area contributed by atoms with Gasteiger partial charge in [-0.2, -0.15) is 0 Å². The lowest BCUT2D eigenvalue weighted by atomic mass is 9.96. The molecule has 124 valence electrons. The van der Waals surface area contributed by atoms with Gasteiger partial charge in [-0.15, -0.1) is 22.7 Å². The molecular formula is C18H19N3OS2. The molecule has 0 aliphatic carbocycles. The second kappa shape index (κ2) is 6.83. The molecule has 0 aliphatic heterocycles. The van der Waals surface area contributed by atoms with Crippen molar-refractivity contribution >= 4 is 28.6 Å². The molecule has 0 saturated heterocycles. The van der Waals surface area contributed by atoms with Crippen molar-refractivity contribution < 1.29 is 4.79 Å². The van der Waals surface area contributed by atoms with Gasteiger partial charge in [-0.3, -0.25) is 9.78 Å². The van der Waals surface area contributed by atoms with Crippen LogP contribution in [0, 0.1) is 5.41 Å². The summed E-state index contributed by atoms with van der Waals surface area (Å²) >= 11 is 3.25. The van der Waals surface area contributed by atoms with Crippen molar-refractivity contribution in [2.24, 2.45) is 5.41 Å². The third-order valence-corrected chi connectivity index (χ3v) is 5.38. The van der Waals surface area contributed by atoms with E-state index < -0.39 is 0 Å². The number of amides is 1. The quantitative estimate of drug-likeness (QED) is 0.742. The van der Waals surface area contributed by atoms with Crippen LogP contribution in [-0.2, 0) is 11.3 Å². The van der Waals surface area contributed by atoms with Gasteiger partial charge >= 0.3 is 0 Å². The number of pyridine rings is 1. The predicted molar refractivity (Wildman–Crippen MR) is 100.0 cm³/mol. The molecule has 4 nitrogen and oxygen atoms in total. The summed E-state index contributed by atoms with van der Waals surface area (Å²) < 4.78 is 0. The molecule has 0 unspecified atom stereocenters. The van der Waals surface area contributed by atoms with Crippen molar-refractivity contribution in [1.82, 2.24) is 15.3 Å². The normalized spacial score (nSPS) is 11.5. The van der Waals surface area contributed by atoms with Crippen LogP contribution < -0.4 is 5.32 Å². The van der Waals surface area contributed by atoms with Crippen molar-refractivity contribution in [3.05, 3.63) is 46.8 Å². The lowest BCUT2D eigenvalue weighted by Gasteiger charge is -2.17. The molecule has 1 N–H and O–H groups in total. The number of aromatic nitrogens is 2. The average Bonchev–Trinajstić information content (AvgIpc) is 3.21. The highest BCUT2D eigenvalue weighted by Crippen LogP contribution is 2.32. The molecule has 1 amide bonds. The Kier molecular flexibility index (Phi) is 4.78. The Morgan fingerprint density at radius 2 is 2.00 bits per heavy atom. The van der Waals surface area contributed by atoms with Gasteiger partial charge in [0.25, 0.3) is 0 Å². The fraction of sp³-hybridized carbons (Fsp3) is 0.278. The van der Waals surface area contributed by atoms with Crippen molar-refractivity contribution in [2.45, 2.75) is 27.3 Å². The number of carbonyl (C=O) groups is 1. The first kappa shape index (κ1) is 16.8. The highest BCUT2D eigenvalue weighted by molar-refractivity contribution is 7.16. The lowest BCUT2D eigenvalue weighted by Crippen LogP contribution is -2.34. The maximum absolute atomic E-state index is 12.0. The molecule has 0 bridgehead atoms. The zero-order chi connectivity index (χ0) is 17.2. The second-order valence-electron chi connectivity index (χ2n) is 6.45. The molecule has 0 atom stereocenters. The SMILES string of the molecule is CC(C)(C)C(=O)NCc1ccc(-c2csc(-c3ccccn3)n2)s1. The average molecular weight is 358 g/mol. The molecule has 3 aromatic heterocycles. The molecule has 0 fully saturated rings. The smallest absolute Gasteiger partial charge is 0.225 e. The van der Waals surface area contributed by atoms with Gasteiger partial charge in [0.1, 0.15) is 5.01 Å². The number of nitrogens with zero attached hydrogens (tertiary/aromatic N) is 2. The molecule has 6 heteroatoms. The summed E-state index contributed by atoms with van der Waals surface area (Å²) in [4.78, 5) is 23.2. The summed E-state index contributed by atoms with van der Waals surface area (Å²) in [6.45, 7) is 6.29. The van der Waals surface area contributed by atoms with E-state index in [1.807, 2.05) is 50.4 Å². The number of nitrogens with one attached hydrogen (secondary N) is 1. The first-order valence-electron chi connectivity index (χ1n) is 7.68. The van der Waals surface area contributed by atoms with E-state index in [2.05, 4.69) is 21.4 Å². The van der Waals surface area contributed by atoms with Crippen molar-refractivity contribution in [3.8, 4) is 21.3 Å². The minimum absolute atomic E-state index is 0.0588. The number of rotatable bonds is 4. The van der Waals surface area contributed by atoms with Crippen LogP contribution in [-0.4, -0.2) is 15.9 Å². The molecule has 0 radical (unpaired) electrons. The highest BCUT2D eigenvalue weighted by Gasteiger charge is 2.20. The molecule has 24 heavy (non-hydrogen) atoms. The second-order valence-corrected chi connectivity index (χ2v) is 8.48. The van der Waals surface area contributed by atoms with Gasteiger partial charge < -0.3 is 5.32 Å². The number of hydrogen-bond acceptors (Lipinski definition) is 5. The van der Waals surface area contributed by atoms with E-state index in [0.717, 1.165) is 26.1 Å². The van der Waals surface area contributed by atoms with E-state index in [0.29, 0.717) is 6.54 Å². The van der Waals surface area contributed by atoms with Crippen LogP contribution in [0.5, 0.6) is 0 Å². The van der Waals surface area contributed by atoms with Crippen molar-refractivity contribution in [2.75, 3.05) is 0 Å². The van der Waals surface area contributed by atoms with Crippen LogP contribution in [0.2, 0.25) is 0 Å². The summed E-state index contributed by atoms with van der Waals surface area (Å²) in [7, 11) is 0. The Balaban J connectivity index is 1.70. The van der Waals surface area contributed by atoms with E-state index in [1.165, 1.54) is 0 Å². The molecule has 0 aliphatic rings. The first-order valence-corrected chi connectivity index (χ1v) is 9.37. The molecule has 0 saturated carbocycles. The van der Waals surface area contributed by atoms with E-state index in [-0.39, 0.29) is 11.3 Å². The predicted octanol–water partition coefficient (Wildman–Crippen LogP) is 4.60. The van der Waals surface area contributed by atoms with E-state index >= 15 is 0 Å². The van der Waals surface area contributed by atoms with Crippen LogP contribution in [0.25, 0.3) is 21.3 Å². The summed E-state index contributed by atoms with van der Waals surface area (Å²) in [6.07, 6.45) is 1.78. The van der Waals surface area contributed by atoms with E-state index in [1.54, 1.807) is 28.9 Å². The van der Waals surface area contributed by atoms with Gasteiger partial charge in [-0.25, -0.2) is 4.98 Å². The first-order chi connectivity index (χ1) is 11.4. The third kappa shape index (κ3) is 3.88. The third-order valence-electron chi connectivity index (χ3n) is 3.41. The number of hydrogen-bond donors (Lipinski definition) is 1. The molecule has 3 rings (SSSR count). The standard InChI is InChI=1S/C18H19N3OS2/c1-18(2,3)17(22)20-10-12-7-8-15(24-12)14-11-23-16(21-14)13-6-4-5-9-19-13/h4-9,11H,10H2,1-3H3,(H,20,22). The van der Waals surface area contributed by atoms with Crippen LogP contribution in [0.1, 0.15) is 25.6 Å². The Morgan fingerprint density at radius 3 is 2.71 bits per heavy atom. The Bertz CT molecular complexity index is 831. The van der Waals surface area contributed by atoms with E-state index in [4.69, 9.17) is 0 Å². The minimum Gasteiger partial charge on any atom is -0.351 e. The number of thiazole rings is 1. The topological polar surface area (TPSA) is 54.9 Å². The van der Waals surface area contributed by atoms with Gasteiger partial charge in [0.15, 0.2) is 0 Å². The maximum Gasteiger partial charge on any atom is 0.225 e. The molecular weight excluding hydrogens is 338 g/mol. The summed E-state index contributed by atoms with van der Waals surface area (Å²) in [5, 5.41) is 5.95.